The van der Waals surface area contributed by atoms with Gasteiger partial charge in [0, 0.05) is 5.69 Å². The topological polar surface area (TPSA) is 50.4 Å². The molecule has 0 heterocycles. The Hall–Kier alpha value is -2.40. The molecule has 2 N–H and O–H groups in total. The number of hydrogen-bond acceptors (Lipinski definition) is 3. The second-order valence-electron chi connectivity index (χ2n) is 5.38. The molecule has 120 valence electrons. The van der Waals surface area contributed by atoms with Crippen molar-refractivity contribution in [1.29, 1.82) is 0 Å². The SMILES string of the molecule is COc1c(C)cccc1C(=O)NC(=S)Nc1cc(C)ccc1C. The van der Waals surface area contributed by atoms with Gasteiger partial charge in [-0.3, -0.25) is 10.1 Å². The predicted octanol–water partition coefficient (Wildman–Crippen LogP) is 3.75. The lowest BCUT2D eigenvalue weighted by Crippen LogP contribution is -2.34. The summed E-state index contributed by atoms with van der Waals surface area (Å²) in [7, 11) is 1.55. The van der Waals surface area contributed by atoms with Crippen LogP contribution in [0.2, 0.25) is 0 Å². The van der Waals surface area contributed by atoms with Crippen LogP contribution in [0.5, 0.6) is 5.75 Å². The van der Waals surface area contributed by atoms with E-state index in [-0.39, 0.29) is 11.0 Å². The Morgan fingerprint density at radius 1 is 1.09 bits per heavy atom. The van der Waals surface area contributed by atoms with E-state index in [1.807, 2.05) is 51.1 Å². The quantitative estimate of drug-likeness (QED) is 0.843. The molecule has 5 heteroatoms. The van der Waals surface area contributed by atoms with Crippen molar-refractivity contribution in [2.45, 2.75) is 20.8 Å². The van der Waals surface area contributed by atoms with Crippen molar-refractivity contribution < 1.29 is 9.53 Å². The molecule has 4 nitrogen and oxygen atoms in total. The van der Waals surface area contributed by atoms with Gasteiger partial charge in [0.1, 0.15) is 5.75 Å². The van der Waals surface area contributed by atoms with Crippen molar-refractivity contribution in [3.8, 4) is 5.75 Å². The number of rotatable bonds is 3. The van der Waals surface area contributed by atoms with Crippen LogP contribution in [0.3, 0.4) is 0 Å². The third kappa shape index (κ3) is 4.07. The lowest BCUT2D eigenvalue weighted by Gasteiger charge is -2.14. The van der Waals surface area contributed by atoms with E-state index in [1.54, 1.807) is 13.2 Å². The van der Waals surface area contributed by atoms with Gasteiger partial charge in [0.25, 0.3) is 5.91 Å². The molecular formula is C18H20N2O2S. The average molecular weight is 328 g/mol. The zero-order valence-corrected chi connectivity index (χ0v) is 14.5. The molecular weight excluding hydrogens is 308 g/mol. The molecule has 0 aromatic heterocycles. The summed E-state index contributed by atoms with van der Waals surface area (Å²) >= 11 is 5.24. The van der Waals surface area contributed by atoms with Crippen LogP contribution in [0, 0.1) is 20.8 Å². The highest BCUT2D eigenvalue weighted by Crippen LogP contribution is 2.23. The summed E-state index contributed by atoms with van der Waals surface area (Å²) in [6.45, 7) is 5.88. The minimum Gasteiger partial charge on any atom is -0.496 e. The average Bonchev–Trinajstić information content (AvgIpc) is 2.50. The van der Waals surface area contributed by atoms with Crippen LogP contribution in [-0.2, 0) is 0 Å². The molecule has 0 spiro atoms. The Labute approximate surface area is 141 Å². The second kappa shape index (κ2) is 7.24. The normalized spacial score (nSPS) is 10.1. The van der Waals surface area contributed by atoms with E-state index in [1.165, 1.54) is 0 Å². The van der Waals surface area contributed by atoms with Crippen molar-refractivity contribution in [3.63, 3.8) is 0 Å². The molecule has 0 saturated carbocycles. The molecule has 2 aromatic rings. The molecule has 0 saturated heterocycles. The number of anilines is 1. The van der Waals surface area contributed by atoms with Crippen molar-refractivity contribution in [2.75, 3.05) is 12.4 Å². The van der Waals surface area contributed by atoms with Gasteiger partial charge in [0.05, 0.1) is 12.7 Å². The van der Waals surface area contributed by atoms with E-state index in [9.17, 15) is 4.79 Å². The van der Waals surface area contributed by atoms with Crippen LogP contribution >= 0.6 is 12.2 Å². The van der Waals surface area contributed by atoms with E-state index < -0.39 is 0 Å². The molecule has 0 unspecified atom stereocenters. The summed E-state index contributed by atoms with van der Waals surface area (Å²) in [6.07, 6.45) is 0. The van der Waals surface area contributed by atoms with Gasteiger partial charge in [-0.25, -0.2) is 0 Å². The summed E-state index contributed by atoms with van der Waals surface area (Å²) in [6, 6.07) is 11.4. The van der Waals surface area contributed by atoms with Crippen molar-refractivity contribution in [1.82, 2.24) is 5.32 Å². The fraction of sp³-hybridized carbons (Fsp3) is 0.222. The molecule has 0 atom stereocenters. The number of methoxy groups -OCH3 is 1. The number of aryl methyl sites for hydroxylation is 3. The highest BCUT2D eigenvalue weighted by Gasteiger charge is 2.15. The Kier molecular flexibility index (Phi) is 5.34. The molecule has 0 fully saturated rings. The minimum atomic E-state index is -0.298. The van der Waals surface area contributed by atoms with E-state index in [4.69, 9.17) is 17.0 Å². The summed E-state index contributed by atoms with van der Waals surface area (Å²) < 4.78 is 5.31. The molecule has 2 rings (SSSR count). The van der Waals surface area contributed by atoms with E-state index >= 15 is 0 Å². The predicted molar refractivity (Wildman–Crippen MR) is 97.3 cm³/mol. The third-order valence-electron chi connectivity index (χ3n) is 3.53. The first-order chi connectivity index (χ1) is 10.9. The highest BCUT2D eigenvalue weighted by molar-refractivity contribution is 7.80. The zero-order valence-electron chi connectivity index (χ0n) is 13.7. The summed E-state index contributed by atoms with van der Waals surface area (Å²) in [5.41, 5.74) is 4.41. The summed E-state index contributed by atoms with van der Waals surface area (Å²) in [5, 5.41) is 6.01. The smallest absolute Gasteiger partial charge is 0.261 e. The maximum absolute atomic E-state index is 12.4. The van der Waals surface area contributed by atoms with Crippen molar-refractivity contribution in [3.05, 3.63) is 58.7 Å². The standard InChI is InChI=1S/C18H20N2O2S/c1-11-8-9-12(2)15(10-11)19-18(23)20-17(21)14-7-5-6-13(3)16(14)22-4/h5-10H,1-4H3,(H2,19,20,21,23). The Morgan fingerprint density at radius 3 is 2.52 bits per heavy atom. The Bertz CT molecular complexity index is 757. The number of carbonyl (C=O) groups excluding carboxylic acids is 1. The third-order valence-corrected chi connectivity index (χ3v) is 3.73. The monoisotopic (exact) mass is 328 g/mol. The van der Waals surface area contributed by atoms with Gasteiger partial charge in [-0.05, 0) is 61.8 Å². The van der Waals surface area contributed by atoms with Gasteiger partial charge in [-0.15, -0.1) is 0 Å². The number of amides is 1. The zero-order chi connectivity index (χ0) is 17.0. The Morgan fingerprint density at radius 2 is 1.83 bits per heavy atom. The van der Waals surface area contributed by atoms with Gasteiger partial charge >= 0.3 is 0 Å². The number of carbonyl (C=O) groups is 1. The van der Waals surface area contributed by atoms with Crippen LogP contribution in [-0.4, -0.2) is 18.1 Å². The van der Waals surface area contributed by atoms with Crippen LogP contribution in [0.25, 0.3) is 0 Å². The molecule has 23 heavy (non-hydrogen) atoms. The number of thiocarbonyl (C=S) groups is 1. The first-order valence-electron chi connectivity index (χ1n) is 7.25. The molecule has 0 aliphatic heterocycles. The van der Waals surface area contributed by atoms with Gasteiger partial charge in [0.15, 0.2) is 5.11 Å². The van der Waals surface area contributed by atoms with Crippen molar-refractivity contribution >= 4 is 28.9 Å². The van der Waals surface area contributed by atoms with Gasteiger partial charge in [-0.1, -0.05) is 24.3 Å². The lowest BCUT2D eigenvalue weighted by molar-refractivity contribution is 0.0974. The molecule has 0 aliphatic carbocycles. The number of benzene rings is 2. The molecule has 0 aliphatic rings. The minimum absolute atomic E-state index is 0.257. The van der Waals surface area contributed by atoms with Gasteiger partial charge < -0.3 is 10.1 Å². The van der Waals surface area contributed by atoms with Crippen LogP contribution in [0.1, 0.15) is 27.0 Å². The number of para-hydroxylation sites is 1. The molecule has 0 bridgehead atoms. The molecule has 0 radical (unpaired) electrons. The number of hydrogen-bond donors (Lipinski definition) is 2. The molecule has 2 aromatic carbocycles. The maximum atomic E-state index is 12.4. The molecule has 1 amide bonds. The largest absolute Gasteiger partial charge is 0.496 e. The van der Waals surface area contributed by atoms with Gasteiger partial charge in [0.2, 0.25) is 0 Å². The fourth-order valence-corrected chi connectivity index (χ4v) is 2.50. The summed E-state index contributed by atoms with van der Waals surface area (Å²) in [5.74, 6) is 0.257. The van der Waals surface area contributed by atoms with E-state index in [2.05, 4.69) is 10.6 Å². The van der Waals surface area contributed by atoms with E-state index in [0.717, 1.165) is 22.4 Å². The first kappa shape index (κ1) is 17.0. The van der Waals surface area contributed by atoms with Gasteiger partial charge in [-0.2, -0.15) is 0 Å². The number of nitrogens with one attached hydrogen (secondary N) is 2. The lowest BCUT2D eigenvalue weighted by atomic mass is 10.1. The Balaban J connectivity index is 2.13. The summed E-state index contributed by atoms with van der Waals surface area (Å²) in [4.78, 5) is 12.4. The number of ether oxygens (including phenoxy) is 1. The van der Waals surface area contributed by atoms with Crippen LogP contribution in [0.15, 0.2) is 36.4 Å². The van der Waals surface area contributed by atoms with Crippen LogP contribution in [0.4, 0.5) is 5.69 Å². The first-order valence-corrected chi connectivity index (χ1v) is 7.66. The maximum Gasteiger partial charge on any atom is 0.261 e. The fourth-order valence-electron chi connectivity index (χ4n) is 2.30. The van der Waals surface area contributed by atoms with E-state index in [0.29, 0.717) is 11.3 Å². The highest BCUT2D eigenvalue weighted by atomic mass is 32.1. The van der Waals surface area contributed by atoms with Crippen LogP contribution < -0.4 is 15.4 Å². The second-order valence-corrected chi connectivity index (χ2v) is 5.79. The van der Waals surface area contributed by atoms with Crippen molar-refractivity contribution in [2.24, 2.45) is 0 Å².